The fourth-order valence-corrected chi connectivity index (χ4v) is 1.83. The number of likely N-dealkylation sites (tertiary alicyclic amines) is 1. The highest BCUT2D eigenvalue weighted by atomic mass is 16.4. The van der Waals surface area contributed by atoms with Crippen LogP contribution in [0.5, 0.6) is 0 Å². The topological polar surface area (TPSA) is 40.5 Å². The van der Waals surface area contributed by atoms with Crippen molar-refractivity contribution in [2.75, 3.05) is 19.6 Å². The summed E-state index contributed by atoms with van der Waals surface area (Å²) < 4.78 is 0. The molecule has 1 atom stereocenters. The van der Waals surface area contributed by atoms with Crippen LogP contribution in [-0.2, 0) is 4.79 Å². The SMILES string of the molecule is C=C(CC)CN1CCCC(C(=O)O)C1. The lowest BCUT2D eigenvalue weighted by Crippen LogP contribution is -2.39. The van der Waals surface area contributed by atoms with Crippen LogP contribution in [0.3, 0.4) is 0 Å². The molecule has 1 unspecified atom stereocenters. The van der Waals surface area contributed by atoms with E-state index in [1.54, 1.807) is 0 Å². The summed E-state index contributed by atoms with van der Waals surface area (Å²) in [5.41, 5.74) is 1.19. The van der Waals surface area contributed by atoms with E-state index < -0.39 is 5.97 Å². The normalized spacial score (nSPS) is 23.4. The summed E-state index contributed by atoms with van der Waals surface area (Å²) >= 11 is 0. The lowest BCUT2D eigenvalue weighted by molar-refractivity contribution is -0.143. The van der Waals surface area contributed by atoms with E-state index in [1.165, 1.54) is 5.57 Å². The Kier molecular flexibility index (Phi) is 4.14. The van der Waals surface area contributed by atoms with Gasteiger partial charge in [-0.2, -0.15) is 0 Å². The maximum Gasteiger partial charge on any atom is 0.307 e. The van der Waals surface area contributed by atoms with Crippen molar-refractivity contribution in [1.82, 2.24) is 4.90 Å². The zero-order valence-corrected chi connectivity index (χ0v) is 8.83. The van der Waals surface area contributed by atoms with Gasteiger partial charge in [0.2, 0.25) is 0 Å². The predicted octanol–water partition coefficient (Wildman–Crippen LogP) is 1.75. The fraction of sp³-hybridized carbons (Fsp3) is 0.727. The zero-order valence-electron chi connectivity index (χ0n) is 8.83. The maximum atomic E-state index is 10.8. The predicted molar refractivity (Wildman–Crippen MR) is 56.2 cm³/mol. The number of hydrogen-bond donors (Lipinski definition) is 1. The number of carboxylic acids is 1. The highest BCUT2D eigenvalue weighted by Gasteiger charge is 2.24. The molecule has 14 heavy (non-hydrogen) atoms. The van der Waals surface area contributed by atoms with Crippen molar-refractivity contribution >= 4 is 5.97 Å². The molecular weight excluding hydrogens is 178 g/mol. The van der Waals surface area contributed by atoms with Crippen molar-refractivity contribution in [1.29, 1.82) is 0 Å². The van der Waals surface area contributed by atoms with Crippen LogP contribution in [0.15, 0.2) is 12.2 Å². The first-order chi connectivity index (χ1) is 6.63. The van der Waals surface area contributed by atoms with E-state index in [-0.39, 0.29) is 5.92 Å². The third-order valence-electron chi connectivity index (χ3n) is 2.80. The van der Waals surface area contributed by atoms with Crippen molar-refractivity contribution in [3.63, 3.8) is 0 Å². The molecule has 1 fully saturated rings. The monoisotopic (exact) mass is 197 g/mol. The molecule has 1 rings (SSSR count). The van der Waals surface area contributed by atoms with E-state index in [0.29, 0.717) is 6.54 Å². The van der Waals surface area contributed by atoms with Gasteiger partial charge in [0.05, 0.1) is 5.92 Å². The van der Waals surface area contributed by atoms with E-state index in [2.05, 4.69) is 18.4 Å². The lowest BCUT2D eigenvalue weighted by Gasteiger charge is -2.30. The third-order valence-corrected chi connectivity index (χ3v) is 2.80. The third kappa shape index (κ3) is 3.14. The summed E-state index contributed by atoms with van der Waals surface area (Å²) in [5, 5.41) is 8.90. The summed E-state index contributed by atoms with van der Waals surface area (Å²) in [6.07, 6.45) is 2.80. The molecule has 0 aliphatic carbocycles. The molecule has 0 saturated carbocycles. The van der Waals surface area contributed by atoms with Crippen LogP contribution in [0.2, 0.25) is 0 Å². The van der Waals surface area contributed by atoms with E-state index >= 15 is 0 Å². The second-order valence-electron chi connectivity index (χ2n) is 4.02. The Hall–Kier alpha value is -0.830. The molecule has 0 amide bonds. The van der Waals surface area contributed by atoms with Crippen LogP contribution in [0.25, 0.3) is 0 Å². The Bertz CT molecular complexity index is 225. The van der Waals surface area contributed by atoms with Gasteiger partial charge in [0.25, 0.3) is 0 Å². The number of hydrogen-bond acceptors (Lipinski definition) is 2. The number of carboxylic acid groups (broad SMARTS) is 1. The van der Waals surface area contributed by atoms with Gasteiger partial charge < -0.3 is 5.11 Å². The van der Waals surface area contributed by atoms with Crippen molar-refractivity contribution in [2.24, 2.45) is 5.92 Å². The average molecular weight is 197 g/mol. The van der Waals surface area contributed by atoms with Gasteiger partial charge in [0.15, 0.2) is 0 Å². The molecule has 0 bridgehead atoms. The maximum absolute atomic E-state index is 10.8. The Balaban J connectivity index is 2.40. The van der Waals surface area contributed by atoms with Crippen LogP contribution in [0.4, 0.5) is 0 Å². The summed E-state index contributed by atoms with van der Waals surface area (Å²) in [5.74, 6) is -0.829. The van der Waals surface area contributed by atoms with Crippen LogP contribution < -0.4 is 0 Å². The first-order valence-electron chi connectivity index (χ1n) is 5.25. The van der Waals surface area contributed by atoms with E-state index in [4.69, 9.17) is 5.11 Å². The molecule has 0 aromatic carbocycles. The molecule has 1 N–H and O–H groups in total. The van der Waals surface area contributed by atoms with Crippen LogP contribution in [0.1, 0.15) is 26.2 Å². The standard InChI is InChI=1S/C11H19NO2/c1-3-9(2)7-12-6-4-5-10(8-12)11(13)14/h10H,2-8H2,1H3,(H,13,14). The molecule has 1 aliphatic heterocycles. The van der Waals surface area contributed by atoms with Gasteiger partial charge in [0, 0.05) is 13.1 Å². The fourth-order valence-electron chi connectivity index (χ4n) is 1.83. The number of piperidine rings is 1. The molecule has 1 aliphatic rings. The van der Waals surface area contributed by atoms with Gasteiger partial charge in [-0.1, -0.05) is 19.1 Å². The average Bonchev–Trinajstić information content (AvgIpc) is 2.18. The van der Waals surface area contributed by atoms with Crippen molar-refractivity contribution in [3.8, 4) is 0 Å². The van der Waals surface area contributed by atoms with Crippen LogP contribution in [-0.4, -0.2) is 35.6 Å². The van der Waals surface area contributed by atoms with Gasteiger partial charge in [-0.15, -0.1) is 0 Å². The van der Waals surface area contributed by atoms with Crippen molar-refractivity contribution in [3.05, 3.63) is 12.2 Å². The first kappa shape index (κ1) is 11.2. The van der Waals surface area contributed by atoms with Gasteiger partial charge in [-0.3, -0.25) is 9.69 Å². The summed E-state index contributed by atoms with van der Waals surface area (Å²) in [6, 6.07) is 0. The first-order valence-corrected chi connectivity index (χ1v) is 5.25. The largest absolute Gasteiger partial charge is 0.481 e. The summed E-state index contributed by atoms with van der Waals surface area (Å²) in [4.78, 5) is 13.0. The number of carbonyl (C=O) groups is 1. The van der Waals surface area contributed by atoms with E-state index in [9.17, 15) is 4.79 Å². The summed E-state index contributed by atoms with van der Waals surface area (Å²) in [6.45, 7) is 8.60. The molecule has 0 spiro atoms. The molecule has 1 saturated heterocycles. The van der Waals surface area contributed by atoms with Gasteiger partial charge in [-0.25, -0.2) is 0 Å². The van der Waals surface area contributed by atoms with Crippen molar-refractivity contribution < 1.29 is 9.90 Å². The minimum absolute atomic E-state index is 0.173. The zero-order chi connectivity index (χ0) is 10.6. The Morgan fingerprint density at radius 3 is 2.93 bits per heavy atom. The van der Waals surface area contributed by atoms with Gasteiger partial charge in [-0.05, 0) is 25.8 Å². The Labute approximate surface area is 85.4 Å². The molecule has 1 heterocycles. The highest BCUT2D eigenvalue weighted by molar-refractivity contribution is 5.70. The minimum atomic E-state index is -0.656. The van der Waals surface area contributed by atoms with Gasteiger partial charge in [0.1, 0.15) is 0 Å². The second kappa shape index (κ2) is 5.15. The quantitative estimate of drug-likeness (QED) is 0.698. The van der Waals surface area contributed by atoms with Crippen molar-refractivity contribution in [2.45, 2.75) is 26.2 Å². The minimum Gasteiger partial charge on any atom is -0.481 e. The highest BCUT2D eigenvalue weighted by Crippen LogP contribution is 2.17. The molecule has 80 valence electrons. The number of aliphatic carboxylic acids is 1. The molecule has 0 aromatic rings. The molecule has 3 nitrogen and oxygen atoms in total. The molecule has 0 aromatic heterocycles. The second-order valence-corrected chi connectivity index (χ2v) is 4.02. The van der Waals surface area contributed by atoms with Crippen LogP contribution >= 0.6 is 0 Å². The molecule has 3 heteroatoms. The Morgan fingerprint density at radius 1 is 1.64 bits per heavy atom. The lowest BCUT2D eigenvalue weighted by atomic mass is 9.98. The van der Waals surface area contributed by atoms with Gasteiger partial charge >= 0.3 is 5.97 Å². The van der Waals surface area contributed by atoms with E-state index in [0.717, 1.165) is 32.4 Å². The Morgan fingerprint density at radius 2 is 2.36 bits per heavy atom. The van der Waals surface area contributed by atoms with Crippen LogP contribution in [0, 0.1) is 5.92 Å². The summed E-state index contributed by atoms with van der Waals surface area (Å²) in [7, 11) is 0. The number of rotatable bonds is 4. The smallest absolute Gasteiger partial charge is 0.307 e. The molecular formula is C11H19NO2. The number of nitrogens with zero attached hydrogens (tertiary/aromatic N) is 1. The van der Waals surface area contributed by atoms with E-state index in [1.807, 2.05) is 0 Å². The molecule has 0 radical (unpaired) electrons.